The first-order chi connectivity index (χ1) is 11.2. The van der Waals surface area contributed by atoms with Crippen LogP contribution in [0.4, 0.5) is 0 Å². The molecule has 0 aromatic carbocycles. The van der Waals surface area contributed by atoms with Crippen molar-refractivity contribution < 1.29 is 4.74 Å². The van der Waals surface area contributed by atoms with Gasteiger partial charge in [-0.2, -0.15) is 0 Å². The second-order valence-corrected chi connectivity index (χ2v) is 6.83. The van der Waals surface area contributed by atoms with Gasteiger partial charge in [0.15, 0.2) is 0 Å². The van der Waals surface area contributed by atoms with Gasteiger partial charge in [0.2, 0.25) is 0 Å². The molecule has 4 rings (SSSR count). The van der Waals surface area contributed by atoms with E-state index in [1.807, 2.05) is 0 Å². The molecule has 1 aliphatic carbocycles. The summed E-state index contributed by atoms with van der Waals surface area (Å²) in [5.74, 6) is 0. The molecule has 0 radical (unpaired) electrons. The van der Waals surface area contributed by atoms with Crippen molar-refractivity contribution in [3.63, 3.8) is 0 Å². The third-order valence-electron chi connectivity index (χ3n) is 4.89. The molecular formula is C17H20ClN3O2. The van der Waals surface area contributed by atoms with Crippen LogP contribution in [0, 0.1) is 0 Å². The number of halogens is 1. The quantitative estimate of drug-likeness (QED) is 0.847. The van der Waals surface area contributed by atoms with E-state index in [-0.39, 0.29) is 5.56 Å². The van der Waals surface area contributed by atoms with Crippen LogP contribution >= 0.6 is 11.6 Å². The first kappa shape index (κ1) is 15.1. The third-order valence-corrected chi connectivity index (χ3v) is 5.11. The number of ether oxygens (including phenoxy) is 1. The van der Waals surface area contributed by atoms with Crippen molar-refractivity contribution in [1.82, 2.24) is 14.3 Å². The Morgan fingerprint density at radius 1 is 1.30 bits per heavy atom. The fourth-order valence-corrected chi connectivity index (χ4v) is 3.95. The Morgan fingerprint density at radius 2 is 2.17 bits per heavy atom. The second-order valence-electron chi connectivity index (χ2n) is 6.39. The number of morpholine rings is 1. The zero-order chi connectivity index (χ0) is 15.8. The lowest BCUT2D eigenvalue weighted by Gasteiger charge is -2.43. The van der Waals surface area contributed by atoms with Crippen LogP contribution in [0.1, 0.15) is 31.4 Å². The van der Waals surface area contributed by atoms with Crippen LogP contribution in [0.3, 0.4) is 0 Å². The summed E-state index contributed by atoms with van der Waals surface area (Å²) in [6, 6.07) is 5.63. The highest BCUT2D eigenvalue weighted by Crippen LogP contribution is 2.29. The molecule has 0 spiro atoms. The molecule has 1 aliphatic heterocycles. The predicted molar refractivity (Wildman–Crippen MR) is 88.9 cm³/mol. The van der Waals surface area contributed by atoms with Crippen molar-refractivity contribution in [3.8, 4) is 0 Å². The summed E-state index contributed by atoms with van der Waals surface area (Å²) in [6.45, 7) is 2.38. The molecule has 122 valence electrons. The van der Waals surface area contributed by atoms with Crippen molar-refractivity contribution in [1.29, 1.82) is 0 Å². The summed E-state index contributed by atoms with van der Waals surface area (Å²) in [6.07, 6.45) is 6.79. The molecule has 23 heavy (non-hydrogen) atoms. The third kappa shape index (κ3) is 3.01. The van der Waals surface area contributed by atoms with E-state index >= 15 is 0 Å². The average Bonchev–Trinajstić information content (AvgIpc) is 2.56. The summed E-state index contributed by atoms with van der Waals surface area (Å²) in [5.41, 5.74) is 1.38. The summed E-state index contributed by atoms with van der Waals surface area (Å²) < 4.78 is 7.41. The minimum absolute atomic E-state index is 0.0825. The molecule has 2 aliphatic rings. The number of pyridine rings is 1. The molecule has 2 aromatic heterocycles. The molecule has 3 heterocycles. The SMILES string of the molecule is O=c1cc(CN2CCO[C@H]3CCCC[C@H]32)nc2ccc(Cl)cn12. The molecule has 1 saturated carbocycles. The monoisotopic (exact) mass is 333 g/mol. The molecule has 2 aromatic rings. The Bertz CT molecular complexity index is 774. The highest BCUT2D eigenvalue weighted by atomic mass is 35.5. The molecule has 1 saturated heterocycles. The van der Waals surface area contributed by atoms with Crippen molar-refractivity contribution in [2.45, 2.75) is 44.4 Å². The number of nitrogens with zero attached hydrogens (tertiary/aromatic N) is 3. The Balaban J connectivity index is 1.62. The van der Waals surface area contributed by atoms with Gasteiger partial charge >= 0.3 is 0 Å². The average molecular weight is 334 g/mol. The zero-order valence-corrected chi connectivity index (χ0v) is 13.7. The van der Waals surface area contributed by atoms with E-state index in [2.05, 4.69) is 9.88 Å². The second kappa shape index (κ2) is 6.23. The smallest absolute Gasteiger partial charge is 0.258 e. The van der Waals surface area contributed by atoms with Gasteiger partial charge in [0.25, 0.3) is 5.56 Å². The van der Waals surface area contributed by atoms with Gasteiger partial charge in [0, 0.05) is 31.4 Å². The molecule has 6 heteroatoms. The Labute approximate surface area is 139 Å². The highest BCUT2D eigenvalue weighted by Gasteiger charge is 2.34. The lowest BCUT2D eigenvalue weighted by atomic mass is 9.90. The van der Waals surface area contributed by atoms with Crippen molar-refractivity contribution in [3.05, 3.63) is 45.5 Å². The fourth-order valence-electron chi connectivity index (χ4n) is 3.79. The molecule has 2 fully saturated rings. The van der Waals surface area contributed by atoms with E-state index in [9.17, 15) is 4.79 Å². The number of hydrogen-bond donors (Lipinski definition) is 0. The molecule has 0 bridgehead atoms. The lowest BCUT2D eigenvalue weighted by molar-refractivity contribution is -0.0914. The van der Waals surface area contributed by atoms with Crippen LogP contribution in [-0.4, -0.2) is 39.6 Å². The highest BCUT2D eigenvalue weighted by molar-refractivity contribution is 6.30. The maximum Gasteiger partial charge on any atom is 0.258 e. The molecular weight excluding hydrogens is 314 g/mol. The van der Waals surface area contributed by atoms with Gasteiger partial charge in [-0.1, -0.05) is 24.4 Å². The van der Waals surface area contributed by atoms with E-state index in [1.165, 1.54) is 23.7 Å². The van der Waals surface area contributed by atoms with E-state index in [1.54, 1.807) is 24.4 Å². The summed E-state index contributed by atoms with van der Waals surface area (Å²) >= 11 is 5.95. The number of hydrogen-bond acceptors (Lipinski definition) is 4. The van der Waals surface area contributed by atoms with Crippen LogP contribution in [0.15, 0.2) is 29.2 Å². The number of fused-ring (bicyclic) bond motifs is 2. The minimum atomic E-state index is -0.0825. The minimum Gasteiger partial charge on any atom is -0.375 e. The van der Waals surface area contributed by atoms with Crippen LogP contribution in [0.2, 0.25) is 5.02 Å². The predicted octanol–water partition coefficient (Wildman–Crippen LogP) is 2.49. The van der Waals surface area contributed by atoms with Crippen LogP contribution < -0.4 is 5.56 Å². The largest absolute Gasteiger partial charge is 0.375 e. The molecule has 0 N–H and O–H groups in total. The van der Waals surface area contributed by atoms with E-state index in [4.69, 9.17) is 16.3 Å². The summed E-state index contributed by atoms with van der Waals surface area (Å²) in [5, 5.41) is 0.535. The maximum absolute atomic E-state index is 12.3. The molecule has 0 unspecified atom stereocenters. The van der Waals surface area contributed by atoms with Gasteiger partial charge in [-0.3, -0.25) is 14.1 Å². The van der Waals surface area contributed by atoms with Crippen molar-refractivity contribution in [2.75, 3.05) is 13.2 Å². The standard InChI is InChI=1S/C17H20ClN3O2/c18-12-5-6-16-19-13(9-17(22)21(16)10-12)11-20-7-8-23-15-4-2-1-3-14(15)20/h5-6,9-10,14-15H,1-4,7-8,11H2/t14-,15+/m1/s1. The topological polar surface area (TPSA) is 46.8 Å². The number of rotatable bonds is 2. The van der Waals surface area contributed by atoms with E-state index in [0.717, 1.165) is 25.3 Å². The Morgan fingerprint density at radius 3 is 3.09 bits per heavy atom. The Hall–Kier alpha value is -1.43. The van der Waals surface area contributed by atoms with Gasteiger partial charge in [0.1, 0.15) is 5.65 Å². The summed E-state index contributed by atoms with van der Waals surface area (Å²) in [4.78, 5) is 19.4. The first-order valence-electron chi connectivity index (χ1n) is 8.24. The van der Waals surface area contributed by atoms with Gasteiger partial charge in [-0.25, -0.2) is 4.98 Å². The van der Waals surface area contributed by atoms with E-state index in [0.29, 0.717) is 29.4 Å². The Kier molecular flexibility index (Phi) is 4.09. The zero-order valence-electron chi connectivity index (χ0n) is 12.9. The maximum atomic E-state index is 12.3. The molecule has 5 nitrogen and oxygen atoms in total. The summed E-state index contributed by atoms with van der Waals surface area (Å²) in [7, 11) is 0. The first-order valence-corrected chi connectivity index (χ1v) is 8.62. The fraction of sp³-hybridized carbons (Fsp3) is 0.529. The van der Waals surface area contributed by atoms with Crippen LogP contribution in [0.25, 0.3) is 5.65 Å². The normalized spacial score (nSPS) is 25.4. The molecule has 0 amide bonds. The van der Waals surface area contributed by atoms with Gasteiger partial charge < -0.3 is 4.74 Å². The number of aromatic nitrogens is 2. The van der Waals surface area contributed by atoms with Gasteiger partial charge in [-0.05, 0) is 25.0 Å². The van der Waals surface area contributed by atoms with Gasteiger partial charge in [-0.15, -0.1) is 0 Å². The van der Waals surface area contributed by atoms with Crippen LogP contribution in [0.5, 0.6) is 0 Å². The van der Waals surface area contributed by atoms with Gasteiger partial charge in [0.05, 0.1) is 23.4 Å². The lowest BCUT2D eigenvalue weighted by Crippen LogP contribution is -2.52. The van der Waals surface area contributed by atoms with E-state index < -0.39 is 0 Å². The molecule has 2 atom stereocenters. The van der Waals surface area contributed by atoms with Crippen molar-refractivity contribution in [2.24, 2.45) is 0 Å². The van der Waals surface area contributed by atoms with Crippen LogP contribution in [-0.2, 0) is 11.3 Å². The van der Waals surface area contributed by atoms with Crippen molar-refractivity contribution >= 4 is 17.2 Å².